The number of rotatable bonds is 8. The molecule has 2 aliphatic heterocycles. The molecule has 0 radical (unpaired) electrons. The predicted octanol–water partition coefficient (Wildman–Crippen LogP) is 0.892. The van der Waals surface area contributed by atoms with Gasteiger partial charge in [-0.05, 0) is 32.1 Å². The van der Waals surface area contributed by atoms with Crippen molar-refractivity contribution in [3.63, 3.8) is 0 Å². The minimum atomic E-state index is -3.28. The molecule has 1 atom stereocenters. The maximum absolute atomic E-state index is 12.0. The van der Waals surface area contributed by atoms with Crippen molar-refractivity contribution in [1.29, 1.82) is 0 Å². The molecule has 7 heteroatoms. The maximum atomic E-state index is 12.0. The fraction of sp³-hybridized carbons (Fsp3) is 1.00. The van der Waals surface area contributed by atoms with Gasteiger partial charge in [-0.2, -0.15) is 12.7 Å². The van der Waals surface area contributed by atoms with Crippen LogP contribution in [0.1, 0.15) is 38.5 Å². The number of nitrogens with zero attached hydrogens (tertiary/aromatic N) is 1. The van der Waals surface area contributed by atoms with Crippen molar-refractivity contribution in [1.82, 2.24) is 9.03 Å². The average molecular weight is 306 g/mol. The van der Waals surface area contributed by atoms with Gasteiger partial charge in [-0.25, -0.2) is 4.72 Å². The zero-order valence-corrected chi connectivity index (χ0v) is 12.9. The van der Waals surface area contributed by atoms with E-state index in [-0.39, 0.29) is 6.10 Å². The second-order valence-electron chi connectivity index (χ2n) is 5.42. The molecule has 0 amide bonds. The Morgan fingerprint density at radius 2 is 2.00 bits per heavy atom. The number of hydrogen-bond acceptors (Lipinski definition) is 4. The average Bonchev–Trinajstić information content (AvgIpc) is 2.97. The lowest BCUT2D eigenvalue weighted by Gasteiger charge is -2.25. The van der Waals surface area contributed by atoms with E-state index >= 15 is 0 Å². The standard InChI is InChI=1S/C13H26N2O4S/c16-20(17,15-8-2-1-3-9-15)14-7-5-10-18-12-13-6-4-11-19-13/h13-14H,1-12H2/t13-/m1/s1. The Kier molecular flexibility index (Phi) is 6.70. The van der Waals surface area contributed by atoms with Gasteiger partial charge in [0.05, 0.1) is 12.7 Å². The van der Waals surface area contributed by atoms with Crippen molar-refractivity contribution >= 4 is 10.2 Å². The molecule has 0 aromatic heterocycles. The van der Waals surface area contributed by atoms with Crippen LogP contribution in [0, 0.1) is 0 Å². The summed E-state index contributed by atoms with van der Waals surface area (Å²) < 4.78 is 39.1. The van der Waals surface area contributed by atoms with Crippen LogP contribution in [0.2, 0.25) is 0 Å². The lowest BCUT2D eigenvalue weighted by molar-refractivity contribution is 0.0169. The van der Waals surface area contributed by atoms with E-state index in [9.17, 15) is 8.42 Å². The highest BCUT2D eigenvalue weighted by atomic mass is 32.2. The quantitative estimate of drug-likeness (QED) is 0.676. The Bertz CT molecular complexity index is 363. The molecule has 2 rings (SSSR count). The molecule has 2 fully saturated rings. The second-order valence-corrected chi connectivity index (χ2v) is 7.18. The van der Waals surface area contributed by atoms with Gasteiger partial charge in [-0.1, -0.05) is 6.42 Å². The number of ether oxygens (including phenoxy) is 2. The summed E-state index contributed by atoms with van der Waals surface area (Å²) in [5, 5.41) is 0. The fourth-order valence-corrected chi connectivity index (χ4v) is 3.89. The largest absolute Gasteiger partial charge is 0.379 e. The fourth-order valence-electron chi connectivity index (χ4n) is 2.56. The van der Waals surface area contributed by atoms with Crippen LogP contribution < -0.4 is 4.72 Å². The van der Waals surface area contributed by atoms with Crippen LogP contribution in [0.5, 0.6) is 0 Å². The van der Waals surface area contributed by atoms with Crippen LogP contribution in [0.25, 0.3) is 0 Å². The molecule has 0 saturated carbocycles. The summed E-state index contributed by atoms with van der Waals surface area (Å²) in [5.74, 6) is 0. The summed E-state index contributed by atoms with van der Waals surface area (Å²) in [6.07, 6.45) is 6.17. The third-order valence-corrected chi connectivity index (χ3v) is 5.35. The van der Waals surface area contributed by atoms with Crippen molar-refractivity contribution < 1.29 is 17.9 Å². The van der Waals surface area contributed by atoms with Crippen LogP contribution in [0.4, 0.5) is 0 Å². The summed E-state index contributed by atoms with van der Waals surface area (Å²) in [6.45, 7) is 3.75. The summed E-state index contributed by atoms with van der Waals surface area (Å²) in [5.41, 5.74) is 0. The molecule has 0 aromatic carbocycles. The Hall–Kier alpha value is -0.210. The van der Waals surface area contributed by atoms with Crippen molar-refractivity contribution in [3.8, 4) is 0 Å². The normalized spacial score (nSPS) is 25.1. The molecule has 2 saturated heterocycles. The molecule has 6 nitrogen and oxygen atoms in total. The van der Waals surface area contributed by atoms with Crippen LogP contribution in [0.15, 0.2) is 0 Å². The van der Waals surface area contributed by atoms with Gasteiger partial charge in [-0.15, -0.1) is 0 Å². The Balaban J connectivity index is 1.53. The van der Waals surface area contributed by atoms with E-state index in [2.05, 4.69) is 4.72 Å². The van der Waals surface area contributed by atoms with E-state index in [4.69, 9.17) is 9.47 Å². The van der Waals surface area contributed by atoms with Gasteiger partial charge in [0.15, 0.2) is 0 Å². The molecule has 2 heterocycles. The molecular formula is C13H26N2O4S. The zero-order valence-electron chi connectivity index (χ0n) is 12.1. The molecule has 1 N–H and O–H groups in total. The lowest BCUT2D eigenvalue weighted by Crippen LogP contribution is -2.43. The second kappa shape index (κ2) is 8.29. The first-order valence-electron chi connectivity index (χ1n) is 7.62. The van der Waals surface area contributed by atoms with Gasteiger partial charge >= 0.3 is 0 Å². The van der Waals surface area contributed by atoms with Gasteiger partial charge in [-0.3, -0.25) is 0 Å². The maximum Gasteiger partial charge on any atom is 0.279 e. The highest BCUT2D eigenvalue weighted by Crippen LogP contribution is 2.12. The monoisotopic (exact) mass is 306 g/mol. The van der Waals surface area contributed by atoms with Gasteiger partial charge in [0.2, 0.25) is 0 Å². The number of piperidine rings is 1. The molecule has 0 unspecified atom stereocenters. The molecule has 118 valence electrons. The van der Waals surface area contributed by atoms with Gasteiger partial charge in [0.25, 0.3) is 10.2 Å². The van der Waals surface area contributed by atoms with Crippen LogP contribution >= 0.6 is 0 Å². The van der Waals surface area contributed by atoms with E-state index in [1.165, 1.54) is 0 Å². The van der Waals surface area contributed by atoms with E-state index in [0.29, 0.717) is 39.3 Å². The molecule has 0 aliphatic carbocycles. The van der Waals surface area contributed by atoms with Crippen molar-refractivity contribution in [2.24, 2.45) is 0 Å². The minimum Gasteiger partial charge on any atom is -0.379 e. The molecule has 0 bridgehead atoms. The predicted molar refractivity (Wildman–Crippen MR) is 76.8 cm³/mol. The molecular weight excluding hydrogens is 280 g/mol. The Morgan fingerprint density at radius 1 is 1.20 bits per heavy atom. The van der Waals surface area contributed by atoms with E-state index < -0.39 is 10.2 Å². The molecule has 0 aromatic rings. The van der Waals surface area contributed by atoms with E-state index in [1.54, 1.807) is 4.31 Å². The van der Waals surface area contributed by atoms with Gasteiger partial charge < -0.3 is 9.47 Å². The Labute approximate surface area is 122 Å². The lowest BCUT2D eigenvalue weighted by atomic mass is 10.2. The minimum absolute atomic E-state index is 0.236. The summed E-state index contributed by atoms with van der Waals surface area (Å²) in [4.78, 5) is 0. The van der Waals surface area contributed by atoms with Crippen molar-refractivity contribution in [3.05, 3.63) is 0 Å². The van der Waals surface area contributed by atoms with Gasteiger partial charge in [0, 0.05) is 32.8 Å². The topological polar surface area (TPSA) is 67.9 Å². The summed E-state index contributed by atoms with van der Waals surface area (Å²) >= 11 is 0. The molecule has 20 heavy (non-hydrogen) atoms. The van der Waals surface area contributed by atoms with Crippen LogP contribution in [-0.4, -0.2) is 58.3 Å². The van der Waals surface area contributed by atoms with Crippen LogP contribution in [0.3, 0.4) is 0 Å². The first kappa shape index (κ1) is 16.2. The van der Waals surface area contributed by atoms with Crippen molar-refractivity contribution in [2.75, 3.05) is 39.5 Å². The smallest absolute Gasteiger partial charge is 0.279 e. The summed E-state index contributed by atoms with van der Waals surface area (Å²) in [6, 6.07) is 0. The molecule has 0 spiro atoms. The first-order valence-corrected chi connectivity index (χ1v) is 9.06. The highest BCUT2D eigenvalue weighted by Gasteiger charge is 2.22. The van der Waals surface area contributed by atoms with Crippen LogP contribution in [-0.2, 0) is 19.7 Å². The third kappa shape index (κ3) is 5.29. The Morgan fingerprint density at radius 3 is 2.70 bits per heavy atom. The van der Waals surface area contributed by atoms with E-state index in [0.717, 1.165) is 38.7 Å². The summed E-state index contributed by atoms with van der Waals surface area (Å²) in [7, 11) is -3.28. The SMILES string of the molecule is O=S(=O)(NCCCOC[C@H]1CCCO1)N1CCCCC1. The van der Waals surface area contributed by atoms with E-state index in [1.807, 2.05) is 0 Å². The number of hydrogen-bond donors (Lipinski definition) is 1. The number of nitrogens with one attached hydrogen (secondary N) is 1. The zero-order chi connectivity index (χ0) is 14.3. The van der Waals surface area contributed by atoms with Crippen molar-refractivity contribution in [2.45, 2.75) is 44.6 Å². The van der Waals surface area contributed by atoms with Gasteiger partial charge in [0.1, 0.15) is 0 Å². The highest BCUT2D eigenvalue weighted by molar-refractivity contribution is 7.87. The first-order chi connectivity index (χ1) is 9.68. The third-order valence-electron chi connectivity index (χ3n) is 3.73. The molecule has 2 aliphatic rings.